The average molecular weight is 491 g/mol. The van der Waals surface area contributed by atoms with E-state index in [0.29, 0.717) is 26.2 Å². The Morgan fingerprint density at radius 1 is 0.972 bits per heavy atom. The Morgan fingerprint density at radius 2 is 1.75 bits per heavy atom. The fourth-order valence-corrected chi connectivity index (χ4v) is 3.78. The van der Waals surface area contributed by atoms with Crippen LogP contribution in [-0.2, 0) is 11.2 Å². The molecule has 1 heterocycles. The first kappa shape index (κ1) is 27.0. The van der Waals surface area contributed by atoms with E-state index >= 15 is 0 Å². The molecule has 1 aromatic heterocycles. The van der Waals surface area contributed by atoms with E-state index < -0.39 is 0 Å². The number of benzene rings is 2. The predicted molar refractivity (Wildman–Crippen MR) is 145 cm³/mol. The van der Waals surface area contributed by atoms with E-state index in [2.05, 4.69) is 27.8 Å². The average Bonchev–Trinajstić information content (AvgIpc) is 3.43. The summed E-state index contributed by atoms with van der Waals surface area (Å²) in [4.78, 5) is 16.1. The Balaban J connectivity index is 1.23. The minimum atomic E-state index is 0.0434. The van der Waals surface area contributed by atoms with Crippen molar-refractivity contribution in [2.24, 2.45) is 0 Å². The van der Waals surface area contributed by atoms with Gasteiger partial charge >= 0.3 is 0 Å². The third-order valence-electron chi connectivity index (χ3n) is 5.59. The van der Waals surface area contributed by atoms with Crippen LogP contribution < -0.4 is 20.1 Å². The Labute approximate surface area is 214 Å². The number of aromatic nitrogens is 2. The highest BCUT2D eigenvalue weighted by Crippen LogP contribution is 2.28. The summed E-state index contributed by atoms with van der Waals surface area (Å²) in [5.41, 5.74) is 3.37. The summed E-state index contributed by atoms with van der Waals surface area (Å²) in [5.74, 6) is 1.67. The number of rotatable bonds is 16. The maximum Gasteiger partial charge on any atom is 0.223 e. The highest BCUT2D eigenvalue weighted by atomic mass is 16.5. The SMILES string of the molecule is CCOc1ccc(CCCNCCCNC(=O)C/C=C/c2ccc(-n3ccnc3)cc2)cc1OCC. The maximum atomic E-state index is 12.1. The molecular weight excluding hydrogens is 452 g/mol. The van der Waals surface area contributed by atoms with Crippen molar-refractivity contribution in [1.29, 1.82) is 0 Å². The molecule has 2 aromatic carbocycles. The first-order valence-electron chi connectivity index (χ1n) is 12.8. The van der Waals surface area contributed by atoms with Gasteiger partial charge in [0, 0.05) is 31.0 Å². The van der Waals surface area contributed by atoms with Crippen molar-refractivity contribution in [2.75, 3.05) is 32.8 Å². The standard InChI is InChI=1S/C29H38N4O3/c1-3-35-27-16-13-25(22-28(27)36-4-2)9-6-17-30-18-7-19-32-29(34)10-5-8-24-11-14-26(15-12-24)33-21-20-31-23-33/h5,8,11-16,20-23,30H,3-4,6-7,9-10,17-19H2,1-2H3,(H,32,34)/b8-5+. The largest absolute Gasteiger partial charge is 0.490 e. The molecule has 1 amide bonds. The molecule has 0 saturated carbocycles. The van der Waals surface area contributed by atoms with Crippen LogP contribution in [0.1, 0.15) is 44.2 Å². The number of nitrogens with one attached hydrogen (secondary N) is 2. The number of nitrogens with zero attached hydrogens (tertiary/aromatic N) is 2. The van der Waals surface area contributed by atoms with Crippen LogP contribution >= 0.6 is 0 Å². The van der Waals surface area contributed by atoms with Crippen molar-refractivity contribution < 1.29 is 14.3 Å². The lowest BCUT2D eigenvalue weighted by Gasteiger charge is -2.12. The van der Waals surface area contributed by atoms with Gasteiger partial charge in [0.1, 0.15) is 0 Å². The van der Waals surface area contributed by atoms with Gasteiger partial charge in [-0.05, 0) is 81.6 Å². The molecule has 0 aliphatic heterocycles. The second-order valence-corrected chi connectivity index (χ2v) is 8.37. The highest BCUT2D eigenvalue weighted by Gasteiger charge is 2.06. The molecule has 7 heteroatoms. The number of amides is 1. The van der Waals surface area contributed by atoms with Crippen LogP contribution in [0.2, 0.25) is 0 Å². The molecule has 192 valence electrons. The van der Waals surface area contributed by atoms with Gasteiger partial charge in [0.25, 0.3) is 0 Å². The van der Waals surface area contributed by atoms with Gasteiger partial charge in [-0.1, -0.05) is 30.4 Å². The van der Waals surface area contributed by atoms with Crippen molar-refractivity contribution in [1.82, 2.24) is 20.2 Å². The highest BCUT2D eigenvalue weighted by molar-refractivity contribution is 5.78. The van der Waals surface area contributed by atoms with Crippen molar-refractivity contribution in [3.05, 3.63) is 78.4 Å². The van der Waals surface area contributed by atoms with E-state index in [1.54, 1.807) is 12.5 Å². The molecule has 0 radical (unpaired) electrons. The molecule has 0 atom stereocenters. The lowest BCUT2D eigenvalue weighted by Crippen LogP contribution is -2.27. The molecule has 2 N–H and O–H groups in total. The monoisotopic (exact) mass is 490 g/mol. The summed E-state index contributed by atoms with van der Waals surface area (Å²) in [6.07, 6.45) is 12.6. The first-order valence-corrected chi connectivity index (χ1v) is 12.8. The number of imidazole rings is 1. The van der Waals surface area contributed by atoms with E-state index in [4.69, 9.17) is 9.47 Å². The van der Waals surface area contributed by atoms with Crippen LogP contribution in [0, 0.1) is 0 Å². The van der Waals surface area contributed by atoms with Gasteiger partial charge in [0.15, 0.2) is 11.5 Å². The van der Waals surface area contributed by atoms with Gasteiger partial charge in [-0.15, -0.1) is 0 Å². The summed E-state index contributed by atoms with van der Waals surface area (Å²) < 4.78 is 13.3. The second-order valence-electron chi connectivity index (χ2n) is 8.37. The number of aryl methyl sites for hydroxylation is 1. The van der Waals surface area contributed by atoms with E-state index in [1.165, 1.54) is 5.56 Å². The van der Waals surface area contributed by atoms with Gasteiger partial charge in [0.2, 0.25) is 5.91 Å². The summed E-state index contributed by atoms with van der Waals surface area (Å²) >= 11 is 0. The lowest BCUT2D eigenvalue weighted by atomic mass is 10.1. The number of hydrogen-bond donors (Lipinski definition) is 2. The van der Waals surface area contributed by atoms with Crippen molar-refractivity contribution in [2.45, 2.75) is 39.5 Å². The summed E-state index contributed by atoms with van der Waals surface area (Å²) in [6.45, 7) is 7.71. The van der Waals surface area contributed by atoms with Crippen molar-refractivity contribution in [3.63, 3.8) is 0 Å². The zero-order chi connectivity index (χ0) is 25.4. The zero-order valence-corrected chi connectivity index (χ0v) is 21.4. The van der Waals surface area contributed by atoms with Crippen LogP contribution in [0.4, 0.5) is 0 Å². The van der Waals surface area contributed by atoms with Crippen LogP contribution in [0.15, 0.2) is 67.3 Å². The molecule has 7 nitrogen and oxygen atoms in total. The van der Waals surface area contributed by atoms with Gasteiger partial charge < -0.3 is 24.7 Å². The Hall–Kier alpha value is -3.58. The Kier molecular flexibility index (Phi) is 11.6. The molecule has 0 unspecified atom stereocenters. The fraction of sp³-hybridized carbons (Fsp3) is 0.379. The Morgan fingerprint density at radius 3 is 2.50 bits per heavy atom. The molecule has 3 rings (SSSR count). The molecule has 0 spiro atoms. The number of carbonyl (C=O) groups is 1. The normalized spacial score (nSPS) is 11.1. The minimum absolute atomic E-state index is 0.0434. The van der Waals surface area contributed by atoms with Crippen molar-refractivity contribution in [3.8, 4) is 17.2 Å². The number of carbonyl (C=O) groups excluding carboxylic acids is 1. The third kappa shape index (κ3) is 9.23. The topological polar surface area (TPSA) is 77.4 Å². The van der Waals surface area contributed by atoms with E-state index in [9.17, 15) is 4.79 Å². The van der Waals surface area contributed by atoms with Crippen LogP contribution in [0.5, 0.6) is 11.5 Å². The van der Waals surface area contributed by atoms with Gasteiger partial charge in [-0.3, -0.25) is 4.79 Å². The molecule has 0 saturated heterocycles. The minimum Gasteiger partial charge on any atom is -0.490 e. The summed E-state index contributed by atoms with van der Waals surface area (Å²) in [7, 11) is 0. The second kappa shape index (κ2) is 15.4. The third-order valence-corrected chi connectivity index (χ3v) is 5.59. The Bertz CT molecular complexity index is 1060. The quantitative estimate of drug-likeness (QED) is 0.282. The van der Waals surface area contributed by atoms with Crippen LogP contribution in [0.3, 0.4) is 0 Å². The van der Waals surface area contributed by atoms with E-state index in [-0.39, 0.29) is 5.91 Å². The number of hydrogen-bond acceptors (Lipinski definition) is 5. The lowest BCUT2D eigenvalue weighted by molar-refractivity contribution is -0.120. The molecule has 36 heavy (non-hydrogen) atoms. The van der Waals surface area contributed by atoms with Gasteiger partial charge in [0.05, 0.1) is 19.5 Å². The molecule has 0 fully saturated rings. The maximum absolute atomic E-state index is 12.1. The van der Waals surface area contributed by atoms with Gasteiger partial charge in [-0.2, -0.15) is 0 Å². The zero-order valence-electron chi connectivity index (χ0n) is 21.4. The smallest absolute Gasteiger partial charge is 0.223 e. The summed E-state index contributed by atoms with van der Waals surface area (Å²) in [6, 6.07) is 14.3. The molecule has 0 aliphatic rings. The first-order chi connectivity index (χ1) is 17.7. The summed E-state index contributed by atoms with van der Waals surface area (Å²) in [5, 5.41) is 6.43. The number of ether oxygens (including phenoxy) is 2. The van der Waals surface area contributed by atoms with E-state index in [0.717, 1.165) is 55.1 Å². The van der Waals surface area contributed by atoms with Gasteiger partial charge in [-0.25, -0.2) is 4.98 Å². The molecule has 3 aromatic rings. The van der Waals surface area contributed by atoms with Crippen molar-refractivity contribution >= 4 is 12.0 Å². The fourth-order valence-electron chi connectivity index (χ4n) is 3.78. The van der Waals surface area contributed by atoms with Crippen LogP contribution in [-0.4, -0.2) is 48.3 Å². The molecule has 0 aliphatic carbocycles. The predicted octanol–water partition coefficient (Wildman–Crippen LogP) is 4.80. The molecule has 0 bridgehead atoms. The van der Waals surface area contributed by atoms with Crippen LogP contribution in [0.25, 0.3) is 11.8 Å². The molecular formula is C29H38N4O3. The van der Waals surface area contributed by atoms with E-state index in [1.807, 2.05) is 67.1 Å².